The molecule has 1 fully saturated rings. The first-order chi connectivity index (χ1) is 13.4. The lowest BCUT2D eigenvalue weighted by Crippen LogP contribution is -2.37. The number of methoxy groups -OCH3 is 1. The Labute approximate surface area is 159 Å². The van der Waals surface area contributed by atoms with Crippen LogP contribution in [0.3, 0.4) is 0 Å². The lowest BCUT2D eigenvalue weighted by atomic mass is 9.84. The zero-order chi connectivity index (χ0) is 20.1. The third kappa shape index (κ3) is 5.22. The van der Waals surface area contributed by atoms with E-state index in [1.54, 1.807) is 24.1 Å². The number of aromatic nitrogens is 2. The first kappa shape index (κ1) is 20.1. The second-order valence-electron chi connectivity index (χ2n) is 6.60. The molecule has 7 nitrogen and oxygen atoms in total. The molecular formula is C18H20F3N3O4. The zero-order valence-corrected chi connectivity index (χ0v) is 15.2. The monoisotopic (exact) mass is 399 g/mol. The summed E-state index contributed by atoms with van der Waals surface area (Å²) in [5.74, 6) is 0.470. The number of rotatable bonds is 7. The molecule has 2 unspecified atom stereocenters. The summed E-state index contributed by atoms with van der Waals surface area (Å²) in [5, 5.41) is 3.93. The first-order valence-corrected chi connectivity index (χ1v) is 8.74. The number of ether oxygens (including phenoxy) is 2. The number of amides is 1. The van der Waals surface area contributed by atoms with E-state index in [0.717, 1.165) is 12.0 Å². The molecule has 10 heteroatoms. The van der Waals surface area contributed by atoms with Crippen molar-refractivity contribution in [3.05, 3.63) is 41.5 Å². The van der Waals surface area contributed by atoms with Crippen molar-refractivity contribution < 1.29 is 32.0 Å². The Kier molecular flexibility index (Phi) is 6.18. The van der Waals surface area contributed by atoms with Gasteiger partial charge in [-0.3, -0.25) is 4.79 Å². The van der Waals surface area contributed by atoms with Crippen molar-refractivity contribution in [2.75, 3.05) is 26.8 Å². The van der Waals surface area contributed by atoms with Gasteiger partial charge in [0, 0.05) is 32.5 Å². The highest BCUT2D eigenvalue weighted by atomic mass is 19.4. The number of piperidine rings is 1. The Hall–Kier alpha value is -2.62. The van der Waals surface area contributed by atoms with Gasteiger partial charge in [-0.2, -0.15) is 4.98 Å². The maximum atomic E-state index is 12.3. The maximum Gasteiger partial charge on any atom is 0.573 e. The molecule has 152 valence electrons. The van der Waals surface area contributed by atoms with Crippen LogP contribution in [0.25, 0.3) is 0 Å². The molecule has 0 saturated carbocycles. The summed E-state index contributed by atoms with van der Waals surface area (Å²) in [6, 6.07) is 5.70. The molecule has 2 atom stereocenters. The van der Waals surface area contributed by atoms with Crippen LogP contribution in [0.5, 0.6) is 5.75 Å². The number of halogens is 3. The van der Waals surface area contributed by atoms with Crippen molar-refractivity contribution in [2.24, 2.45) is 0 Å². The lowest BCUT2D eigenvalue weighted by Gasteiger charge is -2.34. The van der Waals surface area contributed by atoms with Crippen LogP contribution in [-0.2, 0) is 16.0 Å². The van der Waals surface area contributed by atoms with E-state index >= 15 is 0 Å². The Balaban J connectivity index is 1.72. The summed E-state index contributed by atoms with van der Waals surface area (Å²) in [5.41, 5.74) is 0.810. The molecule has 1 amide bonds. The number of benzene rings is 1. The maximum absolute atomic E-state index is 12.3. The number of carbonyl (C=O) groups excluding carboxylic acids is 1. The molecule has 1 aromatic carbocycles. The van der Waals surface area contributed by atoms with Gasteiger partial charge in [0.25, 0.3) is 0 Å². The van der Waals surface area contributed by atoms with E-state index in [1.807, 2.05) is 0 Å². The average Bonchev–Trinajstić information content (AvgIpc) is 3.14. The fourth-order valence-corrected chi connectivity index (χ4v) is 3.31. The van der Waals surface area contributed by atoms with Crippen LogP contribution >= 0.6 is 0 Å². The molecule has 0 N–H and O–H groups in total. The second kappa shape index (κ2) is 8.59. The van der Waals surface area contributed by atoms with Gasteiger partial charge in [-0.1, -0.05) is 17.3 Å². The van der Waals surface area contributed by atoms with Crippen LogP contribution in [0.1, 0.15) is 35.5 Å². The fourth-order valence-electron chi connectivity index (χ4n) is 3.31. The Morgan fingerprint density at radius 3 is 2.61 bits per heavy atom. The van der Waals surface area contributed by atoms with Crippen molar-refractivity contribution in [1.29, 1.82) is 0 Å². The van der Waals surface area contributed by atoms with Crippen LogP contribution < -0.4 is 4.74 Å². The van der Waals surface area contributed by atoms with E-state index in [0.29, 0.717) is 44.3 Å². The van der Waals surface area contributed by atoms with Crippen molar-refractivity contribution in [2.45, 2.75) is 31.0 Å². The van der Waals surface area contributed by atoms with Gasteiger partial charge in [0.05, 0.1) is 12.5 Å². The van der Waals surface area contributed by atoms with E-state index in [-0.39, 0.29) is 17.6 Å². The predicted octanol–water partition coefficient (Wildman–Crippen LogP) is 2.89. The van der Waals surface area contributed by atoms with Gasteiger partial charge in [0.1, 0.15) is 5.75 Å². The highest BCUT2D eigenvalue weighted by Gasteiger charge is 2.33. The number of hydrogen-bond donors (Lipinski definition) is 0. The van der Waals surface area contributed by atoms with Gasteiger partial charge in [0.15, 0.2) is 5.82 Å². The van der Waals surface area contributed by atoms with Crippen molar-refractivity contribution in [3.63, 3.8) is 0 Å². The zero-order valence-electron chi connectivity index (χ0n) is 15.2. The van der Waals surface area contributed by atoms with E-state index in [4.69, 9.17) is 9.26 Å². The summed E-state index contributed by atoms with van der Waals surface area (Å²) in [7, 11) is 1.58. The van der Waals surface area contributed by atoms with Crippen molar-refractivity contribution in [3.8, 4) is 5.75 Å². The molecule has 0 spiro atoms. The normalized spacial score (nSPS) is 20.2. The average molecular weight is 399 g/mol. The van der Waals surface area contributed by atoms with E-state index in [2.05, 4.69) is 14.9 Å². The largest absolute Gasteiger partial charge is 0.573 e. The quantitative estimate of drug-likeness (QED) is 0.667. The van der Waals surface area contributed by atoms with Crippen LogP contribution in [0.15, 0.2) is 28.8 Å². The van der Waals surface area contributed by atoms with Crippen LogP contribution in [0, 0.1) is 0 Å². The molecule has 2 heterocycles. The third-order valence-corrected chi connectivity index (χ3v) is 4.58. The van der Waals surface area contributed by atoms with Crippen LogP contribution in [0.2, 0.25) is 0 Å². The summed E-state index contributed by atoms with van der Waals surface area (Å²) < 4.78 is 51.2. The first-order valence-electron chi connectivity index (χ1n) is 8.74. The van der Waals surface area contributed by atoms with Gasteiger partial charge >= 0.3 is 6.36 Å². The Morgan fingerprint density at radius 2 is 1.96 bits per heavy atom. The van der Waals surface area contributed by atoms with Crippen molar-refractivity contribution in [1.82, 2.24) is 15.0 Å². The molecule has 2 aromatic rings. The molecule has 0 radical (unpaired) electrons. The molecule has 1 aromatic heterocycles. The SMILES string of the molecule is COCCc1noc(C2CC(c3ccc(OC(F)(F)F)cc3)CN(C=O)C2)n1. The standard InChI is InChI=1S/C18H20F3N3O4/c1-26-7-6-16-22-17(28-23-16)14-8-13(9-24(10-14)11-25)12-2-4-15(5-3-12)27-18(19,20)21/h2-5,11,13-14H,6-10H2,1H3. The molecule has 0 aliphatic carbocycles. The molecular weight excluding hydrogens is 379 g/mol. The van der Waals surface area contributed by atoms with E-state index in [1.165, 1.54) is 12.1 Å². The fraction of sp³-hybridized carbons (Fsp3) is 0.500. The Bertz CT molecular complexity index is 779. The number of likely N-dealkylation sites (tertiary alicyclic amines) is 1. The van der Waals surface area contributed by atoms with Gasteiger partial charge in [-0.25, -0.2) is 0 Å². The summed E-state index contributed by atoms with van der Waals surface area (Å²) in [6.45, 7) is 1.38. The predicted molar refractivity (Wildman–Crippen MR) is 90.7 cm³/mol. The van der Waals surface area contributed by atoms with E-state index < -0.39 is 6.36 Å². The van der Waals surface area contributed by atoms with Crippen LogP contribution in [0.4, 0.5) is 13.2 Å². The lowest BCUT2D eigenvalue weighted by molar-refractivity contribution is -0.274. The van der Waals surface area contributed by atoms with Gasteiger partial charge < -0.3 is 18.9 Å². The summed E-state index contributed by atoms with van der Waals surface area (Å²) in [6.07, 6.45) is -2.82. The van der Waals surface area contributed by atoms with Crippen molar-refractivity contribution >= 4 is 6.41 Å². The minimum absolute atomic E-state index is 0.0711. The number of alkyl halides is 3. The summed E-state index contributed by atoms with van der Waals surface area (Å²) >= 11 is 0. The molecule has 1 aliphatic heterocycles. The molecule has 0 bridgehead atoms. The van der Waals surface area contributed by atoms with Gasteiger partial charge in [-0.15, -0.1) is 13.2 Å². The smallest absolute Gasteiger partial charge is 0.406 e. The molecule has 1 saturated heterocycles. The number of nitrogens with zero attached hydrogens (tertiary/aromatic N) is 3. The summed E-state index contributed by atoms with van der Waals surface area (Å²) in [4.78, 5) is 17.4. The van der Waals surface area contributed by atoms with Gasteiger partial charge in [0.2, 0.25) is 12.3 Å². The molecule has 1 aliphatic rings. The Morgan fingerprint density at radius 1 is 1.25 bits per heavy atom. The molecule has 3 rings (SSSR count). The second-order valence-corrected chi connectivity index (χ2v) is 6.60. The number of carbonyl (C=O) groups is 1. The highest BCUT2D eigenvalue weighted by Crippen LogP contribution is 2.35. The number of hydrogen-bond acceptors (Lipinski definition) is 6. The van der Waals surface area contributed by atoms with Gasteiger partial charge in [-0.05, 0) is 24.1 Å². The van der Waals surface area contributed by atoms with E-state index in [9.17, 15) is 18.0 Å². The third-order valence-electron chi connectivity index (χ3n) is 4.58. The topological polar surface area (TPSA) is 77.7 Å². The van der Waals surface area contributed by atoms with Crippen LogP contribution in [-0.4, -0.2) is 54.6 Å². The molecule has 28 heavy (non-hydrogen) atoms. The minimum Gasteiger partial charge on any atom is -0.406 e. The highest BCUT2D eigenvalue weighted by molar-refractivity contribution is 5.48. The minimum atomic E-state index is -4.73.